The van der Waals surface area contributed by atoms with Gasteiger partial charge in [-0.2, -0.15) is 12.6 Å². The highest BCUT2D eigenvalue weighted by atomic mass is 32.1. The number of thiol groups is 1. The smallest absolute Gasteiger partial charge is 0.0946 e. The molecule has 1 saturated heterocycles. The third-order valence-electron chi connectivity index (χ3n) is 1.85. The van der Waals surface area contributed by atoms with Crippen molar-refractivity contribution in [3.63, 3.8) is 0 Å². The lowest BCUT2D eigenvalue weighted by atomic mass is 10.2. The Balaban J connectivity index is 2.43. The molecule has 1 fully saturated rings. The average Bonchev–Trinajstić information content (AvgIpc) is 2.34. The number of hydrogen-bond donors (Lipinski definition) is 2. The molecule has 0 aromatic carbocycles. The number of rotatable bonds is 1. The lowest BCUT2D eigenvalue weighted by Crippen LogP contribution is -2.38. The highest BCUT2D eigenvalue weighted by molar-refractivity contribution is 7.81. The molecular weight excluding hydrogens is 176 g/mol. The highest BCUT2D eigenvalue weighted by Crippen LogP contribution is 2.13. The summed E-state index contributed by atoms with van der Waals surface area (Å²) in [5.41, 5.74) is 0. The lowest BCUT2D eigenvalue weighted by molar-refractivity contribution is 0.583. The van der Waals surface area contributed by atoms with Crippen LogP contribution >= 0.6 is 24.8 Å². The molecule has 0 bridgehead atoms. The zero-order chi connectivity index (χ0) is 8.43. The Morgan fingerprint density at radius 3 is 2.64 bits per heavy atom. The van der Waals surface area contributed by atoms with Crippen LogP contribution in [0.1, 0.15) is 6.42 Å². The minimum Gasteiger partial charge on any atom is -0.371 e. The van der Waals surface area contributed by atoms with Crippen molar-refractivity contribution in [2.24, 2.45) is 0 Å². The van der Waals surface area contributed by atoms with Gasteiger partial charge in [0.05, 0.1) is 11.0 Å². The van der Waals surface area contributed by atoms with Gasteiger partial charge in [0.15, 0.2) is 0 Å². The Morgan fingerprint density at radius 2 is 2.27 bits per heavy atom. The molecule has 1 aliphatic heterocycles. The summed E-state index contributed by atoms with van der Waals surface area (Å²) >= 11 is 9.59. The van der Waals surface area contributed by atoms with Crippen LogP contribution in [0.25, 0.3) is 0 Å². The van der Waals surface area contributed by atoms with Crippen LogP contribution in [0.2, 0.25) is 0 Å². The number of thiocarbonyl (C=S) groups is 1. The predicted octanol–water partition coefficient (Wildman–Crippen LogP) is 0.536. The first-order chi connectivity index (χ1) is 5.11. The Bertz CT molecular complexity index is 159. The monoisotopic (exact) mass is 190 g/mol. The molecule has 11 heavy (non-hydrogen) atoms. The fourth-order valence-corrected chi connectivity index (χ4v) is 1.71. The van der Waals surface area contributed by atoms with Gasteiger partial charge in [-0.15, -0.1) is 0 Å². The summed E-state index contributed by atoms with van der Waals surface area (Å²) in [4.78, 5) is 2.97. The molecule has 0 radical (unpaired) electrons. The summed E-state index contributed by atoms with van der Waals surface area (Å²) in [6, 6.07) is 0.363. The van der Waals surface area contributed by atoms with Crippen molar-refractivity contribution in [1.29, 1.82) is 0 Å². The van der Waals surface area contributed by atoms with E-state index in [1.807, 2.05) is 19.0 Å². The summed E-state index contributed by atoms with van der Waals surface area (Å²) in [5.74, 6) is 0. The minimum atomic E-state index is 0.363. The maximum atomic E-state index is 5.22. The molecule has 0 saturated carbocycles. The van der Waals surface area contributed by atoms with Crippen molar-refractivity contribution in [1.82, 2.24) is 10.2 Å². The van der Waals surface area contributed by atoms with Crippen molar-refractivity contribution in [2.45, 2.75) is 17.7 Å². The molecule has 0 aromatic heterocycles. The third kappa shape index (κ3) is 2.32. The molecule has 4 heteroatoms. The number of likely N-dealkylation sites (N-methyl/N-ethyl adjacent to an activating group) is 1. The van der Waals surface area contributed by atoms with E-state index in [0.29, 0.717) is 11.3 Å². The molecule has 1 rings (SSSR count). The molecule has 0 amide bonds. The highest BCUT2D eigenvalue weighted by Gasteiger charge is 2.25. The van der Waals surface area contributed by atoms with Gasteiger partial charge < -0.3 is 10.2 Å². The van der Waals surface area contributed by atoms with E-state index in [9.17, 15) is 0 Å². The molecule has 0 spiro atoms. The van der Waals surface area contributed by atoms with Crippen LogP contribution in [-0.2, 0) is 0 Å². The van der Waals surface area contributed by atoms with E-state index in [1.165, 1.54) is 0 Å². The van der Waals surface area contributed by atoms with Crippen LogP contribution in [0.5, 0.6) is 0 Å². The first-order valence-electron chi connectivity index (χ1n) is 3.74. The Kier molecular flexibility index (Phi) is 3.16. The molecular formula is C7H14N2S2. The number of hydrogen-bond acceptors (Lipinski definition) is 3. The van der Waals surface area contributed by atoms with Crippen LogP contribution in [-0.4, -0.2) is 41.8 Å². The van der Waals surface area contributed by atoms with Crippen molar-refractivity contribution >= 4 is 29.8 Å². The molecule has 0 aromatic rings. The van der Waals surface area contributed by atoms with Crippen LogP contribution in [0, 0.1) is 0 Å². The summed E-state index contributed by atoms with van der Waals surface area (Å²) in [6.45, 7) is 0.974. The van der Waals surface area contributed by atoms with Crippen molar-refractivity contribution in [3.8, 4) is 0 Å². The molecule has 1 heterocycles. The van der Waals surface area contributed by atoms with Crippen molar-refractivity contribution in [2.75, 3.05) is 20.6 Å². The van der Waals surface area contributed by atoms with E-state index >= 15 is 0 Å². The zero-order valence-electron chi connectivity index (χ0n) is 6.87. The summed E-state index contributed by atoms with van der Waals surface area (Å²) < 4.78 is 0. The molecule has 2 atom stereocenters. The number of nitrogens with zero attached hydrogens (tertiary/aromatic N) is 1. The standard InChI is InChI=1S/C7H14N2S2/c1-9(2)7(11)6-3-5(10)4-8-6/h5-6,8,10H,3-4H2,1-2H3. The van der Waals surface area contributed by atoms with Gasteiger partial charge in [-0.1, -0.05) is 12.2 Å². The van der Waals surface area contributed by atoms with E-state index in [-0.39, 0.29) is 0 Å². The van der Waals surface area contributed by atoms with Gasteiger partial charge in [-0.25, -0.2) is 0 Å². The minimum absolute atomic E-state index is 0.363. The molecule has 1 N–H and O–H groups in total. The normalized spacial score (nSPS) is 30.5. The van der Waals surface area contributed by atoms with Crippen molar-refractivity contribution in [3.05, 3.63) is 0 Å². The maximum absolute atomic E-state index is 5.22. The molecule has 0 aliphatic carbocycles. The van der Waals surface area contributed by atoms with E-state index in [4.69, 9.17) is 12.2 Å². The van der Waals surface area contributed by atoms with Gasteiger partial charge in [-0.3, -0.25) is 0 Å². The van der Waals surface area contributed by atoms with E-state index in [2.05, 4.69) is 17.9 Å². The van der Waals surface area contributed by atoms with Gasteiger partial charge in [0.2, 0.25) is 0 Å². The van der Waals surface area contributed by atoms with Crippen LogP contribution < -0.4 is 5.32 Å². The zero-order valence-corrected chi connectivity index (χ0v) is 8.58. The second kappa shape index (κ2) is 3.74. The average molecular weight is 190 g/mol. The Morgan fingerprint density at radius 1 is 1.64 bits per heavy atom. The number of nitrogens with one attached hydrogen (secondary N) is 1. The van der Waals surface area contributed by atoms with Gasteiger partial charge >= 0.3 is 0 Å². The Labute approximate surface area is 78.7 Å². The van der Waals surface area contributed by atoms with Crippen LogP contribution in [0.4, 0.5) is 0 Å². The SMILES string of the molecule is CN(C)C(=S)C1CC(S)CN1. The third-order valence-corrected chi connectivity index (χ3v) is 2.89. The molecule has 1 aliphatic rings. The van der Waals surface area contributed by atoms with E-state index < -0.39 is 0 Å². The molecule has 2 unspecified atom stereocenters. The fourth-order valence-electron chi connectivity index (χ4n) is 1.22. The lowest BCUT2D eigenvalue weighted by Gasteiger charge is -2.19. The summed E-state index contributed by atoms with van der Waals surface area (Å²) in [6.07, 6.45) is 1.06. The summed E-state index contributed by atoms with van der Waals surface area (Å²) in [7, 11) is 3.96. The van der Waals surface area contributed by atoms with Gasteiger partial charge in [0.25, 0.3) is 0 Å². The molecule has 2 nitrogen and oxygen atoms in total. The predicted molar refractivity (Wildman–Crippen MR) is 55.5 cm³/mol. The van der Waals surface area contributed by atoms with E-state index in [1.54, 1.807) is 0 Å². The topological polar surface area (TPSA) is 15.3 Å². The maximum Gasteiger partial charge on any atom is 0.0946 e. The van der Waals surface area contributed by atoms with E-state index in [0.717, 1.165) is 18.0 Å². The quantitative estimate of drug-likeness (QED) is 0.464. The Hall–Kier alpha value is 0.200. The van der Waals surface area contributed by atoms with Crippen LogP contribution in [0.3, 0.4) is 0 Å². The van der Waals surface area contributed by atoms with Crippen molar-refractivity contribution < 1.29 is 0 Å². The first-order valence-corrected chi connectivity index (χ1v) is 4.66. The summed E-state index contributed by atoms with van der Waals surface area (Å²) in [5, 5.41) is 3.80. The second-order valence-electron chi connectivity index (χ2n) is 3.08. The second-order valence-corrected chi connectivity index (χ2v) is 4.23. The van der Waals surface area contributed by atoms with Gasteiger partial charge in [0.1, 0.15) is 0 Å². The fraction of sp³-hybridized carbons (Fsp3) is 0.857. The van der Waals surface area contributed by atoms with Crippen LogP contribution in [0.15, 0.2) is 0 Å². The largest absolute Gasteiger partial charge is 0.371 e. The first kappa shape index (κ1) is 9.29. The van der Waals surface area contributed by atoms with Gasteiger partial charge in [0, 0.05) is 25.9 Å². The van der Waals surface area contributed by atoms with Gasteiger partial charge in [-0.05, 0) is 6.42 Å². The molecule has 64 valence electrons.